The molecule has 0 bridgehead atoms. The monoisotopic (exact) mass is 402 g/mol. The number of rotatable bonds is 11. The fourth-order valence-electron chi connectivity index (χ4n) is 1.91. The highest BCUT2D eigenvalue weighted by Gasteiger charge is 2.12. The summed E-state index contributed by atoms with van der Waals surface area (Å²) in [6, 6.07) is 8.25. The van der Waals surface area contributed by atoms with E-state index in [1.54, 1.807) is 32.0 Å². The van der Waals surface area contributed by atoms with Crippen molar-refractivity contribution in [3.8, 4) is 0 Å². The Morgan fingerprint density at radius 1 is 1.17 bits per heavy atom. The zero-order valence-corrected chi connectivity index (χ0v) is 17.5. The van der Waals surface area contributed by atoms with Crippen molar-refractivity contribution in [2.45, 2.75) is 42.2 Å². The summed E-state index contributed by atoms with van der Waals surface area (Å²) in [5.41, 5.74) is 1.08. The molecule has 1 unspecified atom stereocenters. The minimum Gasteiger partial charge on any atom is -0.353 e. The van der Waals surface area contributed by atoms with E-state index in [0.29, 0.717) is 18.1 Å². The van der Waals surface area contributed by atoms with Gasteiger partial charge in [0, 0.05) is 28.3 Å². The molecule has 0 saturated heterocycles. The van der Waals surface area contributed by atoms with E-state index in [4.69, 9.17) is 9.47 Å². The predicted molar refractivity (Wildman–Crippen MR) is 106 cm³/mol. The van der Waals surface area contributed by atoms with E-state index in [-0.39, 0.29) is 6.29 Å². The van der Waals surface area contributed by atoms with Gasteiger partial charge in [-0.15, -0.1) is 11.3 Å². The molecule has 0 aliphatic carbocycles. The van der Waals surface area contributed by atoms with Crippen molar-refractivity contribution in [2.24, 2.45) is 0 Å². The minimum atomic E-state index is -0.0913. The number of hydrogen-bond donors (Lipinski definition) is 0. The Balaban J connectivity index is 1.68. The van der Waals surface area contributed by atoms with Gasteiger partial charge in [0.25, 0.3) is 0 Å². The molecule has 0 saturated carbocycles. The lowest BCUT2D eigenvalue weighted by atomic mass is 10.3. The van der Waals surface area contributed by atoms with Crippen LogP contribution in [0.4, 0.5) is 0 Å². The largest absolute Gasteiger partial charge is 0.353 e. The van der Waals surface area contributed by atoms with Gasteiger partial charge in [-0.2, -0.15) is 0 Å². The summed E-state index contributed by atoms with van der Waals surface area (Å²) < 4.78 is 13.5. The molecule has 0 N–H and O–H groups in total. The number of benzene rings is 1. The summed E-state index contributed by atoms with van der Waals surface area (Å²) in [5.74, 6) is 0. The van der Waals surface area contributed by atoms with Gasteiger partial charge in [0.05, 0.1) is 10.2 Å². The van der Waals surface area contributed by atoms with Crippen molar-refractivity contribution in [3.05, 3.63) is 24.3 Å². The smallest absolute Gasteiger partial charge is 0.162 e. The van der Waals surface area contributed by atoms with Gasteiger partial charge in [-0.3, -0.25) is 0 Å². The van der Waals surface area contributed by atoms with Crippen molar-refractivity contribution in [1.29, 1.82) is 0 Å². The molecule has 3 nitrogen and oxygen atoms in total. The van der Waals surface area contributed by atoms with Crippen LogP contribution in [0.2, 0.25) is 0 Å². The van der Waals surface area contributed by atoms with Crippen LogP contribution in [0, 0.1) is 0 Å². The van der Waals surface area contributed by atoms with Crippen LogP contribution in [0.1, 0.15) is 26.7 Å². The summed E-state index contributed by atoms with van der Waals surface area (Å²) in [6.45, 7) is 5.37. The summed E-state index contributed by atoms with van der Waals surface area (Å²) in [6.07, 6.45) is 1.81. The molecule has 3 radical (unpaired) electrons. The quantitative estimate of drug-likeness (QED) is 0.286. The Kier molecular flexibility index (Phi) is 9.40. The highest BCUT2D eigenvalue weighted by molar-refractivity contribution is 9.09. The van der Waals surface area contributed by atoms with Gasteiger partial charge in [0.15, 0.2) is 10.6 Å². The van der Waals surface area contributed by atoms with E-state index < -0.39 is 0 Å². The zero-order valence-electron chi connectivity index (χ0n) is 13.2. The maximum atomic E-state index is 5.57. The summed E-state index contributed by atoms with van der Waals surface area (Å²) in [4.78, 5) is 4.99. The van der Waals surface area contributed by atoms with Crippen LogP contribution in [-0.4, -0.2) is 39.6 Å². The van der Waals surface area contributed by atoms with Crippen molar-refractivity contribution >= 4 is 63.2 Å². The average Bonchev–Trinajstić information content (AvgIpc) is 2.95. The van der Waals surface area contributed by atoms with Gasteiger partial charge in [0.1, 0.15) is 0 Å². The molecule has 0 fully saturated rings. The number of hydrogen-bond acceptors (Lipinski definition) is 7. The Morgan fingerprint density at radius 2 is 1.91 bits per heavy atom. The van der Waals surface area contributed by atoms with E-state index in [1.165, 1.54) is 4.70 Å². The molecule has 23 heavy (non-hydrogen) atoms. The molecule has 8 heteroatoms. The minimum absolute atomic E-state index is 0.0913. The molecule has 0 aliphatic heterocycles. The fourth-order valence-corrected chi connectivity index (χ4v) is 8.56. The van der Waals surface area contributed by atoms with E-state index in [2.05, 4.69) is 33.4 Å². The van der Waals surface area contributed by atoms with Crippen LogP contribution in [0.25, 0.3) is 10.2 Å². The van der Waals surface area contributed by atoms with E-state index >= 15 is 0 Å². The maximum absolute atomic E-state index is 5.57. The number of fused-ring (bicyclic) bond motifs is 1. The third-order valence-electron chi connectivity index (χ3n) is 2.90. The van der Waals surface area contributed by atoms with Crippen molar-refractivity contribution in [2.75, 3.05) is 13.2 Å². The van der Waals surface area contributed by atoms with Crippen LogP contribution in [-0.2, 0) is 9.47 Å². The Bertz CT molecular complexity index is 544. The van der Waals surface area contributed by atoms with Gasteiger partial charge >= 0.3 is 0 Å². The highest BCUT2D eigenvalue weighted by Crippen LogP contribution is 2.45. The molecule has 2 aromatic rings. The number of ether oxygens (including phenoxy) is 2. The van der Waals surface area contributed by atoms with Crippen molar-refractivity contribution in [1.82, 2.24) is 4.98 Å². The third-order valence-corrected chi connectivity index (χ3v) is 9.49. The number of aromatic nitrogens is 1. The summed E-state index contributed by atoms with van der Waals surface area (Å²) >= 11 is 1.74. The zero-order chi connectivity index (χ0) is 16.5. The molecule has 2 rings (SSSR count). The fraction of sp³-hybridized carbons (Fsp3) is 0.533. The summed E-state index contributed by atoms with van der Waals surface area (Å²) in [7, 11) is 9.06. The number of para-hydroxylation sites is 1. The van der Waals surface area contributed by atoms with Gasteiger partial charge < -0.3 is 9.47 Å². The molecule has 1 atom stereocenters. The first-order chi connectivity index (χ1) is 11.2. The van der Waals surface area contributed by atoms with Gasteiger partial charge in [-0.05, 0) is 59.4 Å². The number of thiazole rings is 1. The molecular formula is C15H20NO2S4Si. The molecule has 1 aromatic carbocycles. The van der Waals surface area contributed by atoms with Gasteiger partial charge in [-0.1, -0.05) is 22.9 Å². The molecule has 0 amide bonds. The Labute approximate surface area is 156 Å². The SMILES string of the molecule is CCOC(CCC([Si])SSSc1nc2ccccc2s1)OCC. The van der Waals surface area contributed by atoms with E-state index in [9.17, 15) is 0 Å². The van der Waals surface area contributed by atoms with Gasteiger partial charge in [0.2, 0.25) is 0 Å². The first-order valence-electron chi connectivity index (χ1n) is 7.52. The Hall–Kier alpha value is 0.297. The summed E-state index contributed by atoms with van der Waals surface area (Å²) in [5, 5.41) is 0. The van der Waals surface area contributed by atoms with Crippen LogP contribution in [0.15, 0.2) is 28.6 Å². The second-order valence-corrected chi connectivity index (χ2v) is 11.2. The van der Waals surface area contributed by atoms with Crippen molar-refractivity contribution in [3.63, 3.8) is 0 Å². The topological polar surface area (TPSA) is 31.4 Å². The lowest BCUT2D eigenvalue weighted by molar-refractivity contribution is -0.139. The Morgan fingerprint density at radius 3 is 2.61 bits per heavy atom. The highest BCUT2D eigenvalue weighted by atomic mass is 33.5. The maximum Gasteiger partial charge on any atom is 0.162 e. The number of nitrogens with zero attached hydrogens (tertiary/aromatic N) is 1. The van der Waals surface area contributed by atoms with Crippen molar-refractivity contribution < 1.29 is 9.47 Å². The molecule has 0 aliphatic rings. The molecular weight excluding hydrogens is 383 g/mol. The first-order valence-corrected chi connectivity index (χ1v) is 12.5. The van der Waals surface area contributed by atoms with E-state index in [0.717, 1.165) is 22.7 Å². The van der Waals surface area contributed by atoms with Crippen LogP contribution >= 0.6 is 42.8 Å². The lowest BCUT2D eigenvalue weighted by Gasteiger charge is -2.18. The molecule has 1 aromatic heterocycles. The van der Waals surface area contributed by atoms with Crippen LogP contribution in [0.5, 0.6) is 0 Å². The predicted octanol–water partition coefficient (Wildman–Crippen LogP) is 5.36. The van der Waals surface area contributed by atoms with Crippen LogP contribution in [0.3, 0.4) is 0 Å². The van der Waals surface area contributed by atoms with E-state index in [1.807, 2.05) is 30.7 Å². The molecule has 1 heterocycles. The third kappa shape index (κ3) is 6.97. The molecule has 0 spiro atoms. The molecule has 125 valence electrons. The normalized spacial score (nSPS) is 13.0. The standard InChI is InChI=1S/C15H20NO2S4Si/c1-3-17-13(18-4-2)9-10-14(23)20-22-21-15-16-11-7-5-6-8-12(11)19-15/h5-8,13-14H,3-4,9-10H2,1-2H3. The average molecular weight is 403 g/mol. The lowest BCUT2D eigenvalue weighted by Crippen LogP contribution is -2.19. The van der Waals surface area contributed by atoms with Gasteiger partial charge in [-0.25, -0.2) is 4.98 Å². The second-order valence-electron chi connectivity index (χ2n) is 4.60. The second kappa shape index (κ2) is 11.0. The van der Waals surface area contributed by atoms with Crippen LogP contribution < -0.4 is 0 Å². The first kappa shape index (κ1) is 19.6.